The molecule has 1 radical (unpaired) electrons. The Bertz CT molecular complexity index is 455. The molecule has 0 saturated carbocycles. The van der Waals surface area contributed by atoms with Gasteiger partial charge in [0, 0.05) is 36.8 Å². The predicted molar refractivity (Wildman–Crippen MR) is 46.9 cm³/mol. The van der Waals surface area contributed by atoms with E-state index in [1.165, 1.54) is 6.07 Å². The number of nitrogens with one attached hydrogen (secondary N) is 1. The number of aromatic nitrogens is 3. The van der Waals surface area contributed by atoms with Crippen LogP contribution in [0.25, 0.3) is 11.4 Å². The molecule has 0 atom stereocenters. The van der Waals surface area contributed by atoms with Gasteiger partial charge in [-0.1, -0.05) is 18.3 Å². The summed E-state index contributed by atoms with van der Waals surface area (Å²) < 4.78 is 0. The summed E-state index contributed by atoms with van der Waals surface area (Å²) in [5.74, 6) is 0.487. The van der Waals surface area contributed by atoms with Gasteiger partial charge in [-0.25, -0.2) is 0 Å². The van der Waals surface area contributed by atoms with Crippen molar-refractivity contribution in [2.75, 3.05) is 0 Å². The smallest absolute Gasteiger partial charge is 0.136 e. The maximum absolute atomic E-state index is 10.9. The average Bonchev–Trinajstić information content (AvgIpc) is 2.19. The molecule has 0 saturated heterocycles. The molecule has 2 aromatic heterocycles. The van der Waals surface area contributed by atoms with Crippen LogP contribution < -0.4 is 5.56 Å². The van der Waals surface area contributed by atoms with E-state index in [9.17, 15) is 4.79 Å². The molecule has 0 aliphatic rings. The molecular formula is C9H6N3OV-. The number of hydrogen-bond acceptors (Lipinski definition) is 3. The van der Waals surface area contributed by atoms with E-state index in [0.717, 1.165) is 5.56 Å². The summed E-state index contributed by atoms with van der Waals surface area (Å²) >= 11 is 0. The fraction of sp³-hybridized carbons (Fsp3) is 0. The minimum atomic E-state index is -0.214. The Morgan fingerprint density at radius 3 is 2.93 bits per heavy atom. The third-order valence-corrected chi connectivity index (χ3v) is 1.55. The summed E-state index contributed by atoms with van der Waals surface area (Å²) in [7, 11) is 0. The summed E-state index contributed by atoms with van der Waals surface area (Å²) in [5.41, 5.74) is 0.560. The summed E-state index contributed by atoms with van der Waals surface area (Å²) in [6.45, 7) is 0. The molecule has 0 spiro atoms. The fourth-order valence-corrected chi connectivity index (χ4v) is 0.976. The maximum Gasteiger partial charge on any atom is 0.136 e. The van der Waals surface area contributed by atoms with E-state index in [1.54, 1.807) is 18.5 Å². The minimum Gasteiger partial charge on any atom is -0.413 e. The summed E-state index contributed by atoms with van der Waals surface area (Å²) in [5, 5.41) is 0. The number of hydrogen-bond donors (Lipinski definition) is 1. The monoisotopic (exact) mass is 223 g/mol. The molecule has 4 nitrogen and oxygen atoms in total. The van der Waals surface area contributed by atoms with Crippen molar-refractivity contribution < 1.29 is 18.6 Å². The third-order valence-electron chi connectivity index (χ3n) is 1.55. The first-order valence-electron chi connectivity index (χ1n) is 3.74. The van der Waals surface area contributed by atoms with Crippen LogP contribution in [0.4, 0.5) is 0 Å². The van der Waals surface area contributed by atoms with Crippen LogP contribution in [-0.2, 0) is 18.6 Å². The summed E-state index contributed by atoms with van der Waals surface area (Å²) in [4.78, 5) is 21.3. The van der Waals surface area contributed by atoms with Crippen LogP contribution in [-0.4, -0.2) is 15.0 Å². The largest absolute Gasteiger partial charge is 0.413 e. The maximum atomic E-state index is 10.9. The van der Waals surface area contributed by atoms with Crippen LogP contribution in [0, 0.1) is 6.20 Å². The number of aromatic amines is 1. The molecule has 5 heteroatoms. The van der Waals surface area contributed by atoms with Crippen LogP contribution in [0.3, 0.4) is 0 Å². The van der Waals surface area contributed by atoms with E-state index >= 15 is 0 Å². The summed E-state index contributed by atoms with van der Waals surface area (Å²) in [6.07, 6.45) is 5.80. The molecule has 0 aromatic carbocycles. The van der Waals surface area contributed by atoms with Gasteiger partial charge in [-0.15, -0.1) is 0 Å². The molecule has 0 fully saturated rings. The van der Waals surface area contributed by atoms with Gasteiger partial charge >= 0.3 is 0 Å². The van der Waals surface area contributed by atoms with Crippen LogP contribution >= 0.6 is 0 Å². The summed E-state index contributed by atoms with van der Waals surface area (Å²) in [6, 6.07) is 4.85. The van der Waals surface area contributed by atoms with Crippen molar-refractivity contribution in [1.29, 1.82) is 0 Å². The molecule has 1 N–H and O–H groups in total. The average molecular weight is 223 g/mol. The van der Waals surface area contributed by atoms with Crippen molar-refractivity contribution in [1.82, 2.24) is 15.0 Å². The molecular weight excluding hydrogens is 217 g/mol. The Hall–Kier alpha value is -1.39. The van der Waals surface area contributed by atoms with Crippen molar-refractivity contribution in [2.24, 2.45) is 0 Å². The van der Waals surface area contributed by atoms with Gasteiger partial charge in [0.1, 0.15) is 5.56 Å². The molecule has 69 valence electrons. The molecule has 2 aromatic rings. The first-order valence-corrected chi connectivity index (χ1v) is 3.74. The van der Waals surface area contributed by atoms with Gasteiger partial charge in [0.15, 0.2) is 0 Å². The van der Waals surface area contributed by atoms with Gasteiger partial charge in [0.2, 0.25) is 0 Å². The van der Waals surface area contributed by atoms with Gasteiger partial charge in [0.25, 0.3) is 0 Å². The second kappa shape index (κ2) is 4.74. The molecule has 0 bridgehead atoms. The van der Waals surface area contributed by atoms with E-state index < -0.39 is 0 Å². The zero-order chi connectivity index (χ0) is 9.10. The van der Waals surface area contributed by atoms with Crippen LogP contribution in [0.15, 0.2) is 35.4 Å². The van der Waals surface area contributed by atoms with E-state index in [0.29, 0.717) is 5.82 Å². The molecule has 0 aliphatic heterocycles. The zero-order valence-corrected chi connectivity index (χ0v) is 8.53. The normalized spacial score (nSPS) is 9.14. The van der Waals surface area contributed by atoms with E-state index in [1.807, 2.05) is 6.07 Å². The topological polar surface area (TPSA) is 58.6 Å². The molecule has 2 rings (SSSR count). The van der Waals surface area contributed by atoms with Crippen molar-refractivity contribution >= 4 is 0 Å². The predicted octanol–water partition coefficient (Wildman–Crippen LogP) is 0.630. The first kappa shape index (κ1) is 10.7. The molecule has 2 heterocycles. The van der Waals surface area contributed by atoms with Gasteiger partial charge in [-0.3, -0.25) is 4.98 Å². The standard InChI is InChI=1S/C9H6N3O.V/c13-8-3-5-11-9(12-8)7-2-1-4-10-6-7;/h1-4,6H,(H,11,12,13);/q-1;. The van der Waals surface area contributed by atoms with Gasteiger partial charge < -0.3 is 14.8 Å². The first-order chi connectivity index (χ1) is 6.36. The number of rotatable bonds is 1. The second-order valence-corrected chi connectivity index (χ2v) is 2.46. The third kappa shape index (κ3) is 2.31. The Labute approximate surface area is 92.3 Å². The minimum absolute atomic E-state index is 0. The van der Waals surface area contributed by atoms with E-state index in [4.69, 9.17) is 0 Å². The van der Waals surface area contributed by atoms with Gasteiger partial charge in [-0.05, 0) is 11.6 Å². The van der Waals surface area contributed by atoms with Gasteiger partial charge in [0.05, 0.1) is 0 Å². The zero-order valence-electron chi connectivity index (χ0n) is 7.14. The van der Waals surface area contributed by atoms with Crippen LogP contribution in [0.1, 0.15) is 0 Å². The fourth-order valence-electron chi connectivity index (χ4n) is 0.976. The van der Waals surface area contributed by atoms with Gasteiger partial charge in [-0.2, -0.15) is 0 Å². The van der Waals surface area contributed by atoms with Crippen molar-refractivity contribution in [3.63, 3.8) is 0 Å². The van der Waals surface area contributed by atoms with Crippen molar-refractivity contribution in [3.8, 4) is 11.4 Å². The Balaban J connectivity index is 0.000000980. The molecule has 0 amide bonds. The van der Waals surface area contributed by atoms with Crippen LogP contribution in [0.5, 0.6) is 0 Å². The quantitative estimate of drug-likeness (QED) is 0.721. The van der Waals surface area contributed by atoms with Crippen molar-refractivity contribution in [3.05, 3.63) is 47.1 Å². The molecule has 0 unspecified atom stereocenters. The number of H-pyrrole nitrogens is 1. The van der Waals surface area contributed by atoms with Crippen LogP contribution in [0.2, 0.25) is 0 Å². The number of pyridine rings is 1. The number of nitrogens with zero attached hydrogens (tertiary/aromatic N) is 2. The Kier molecular flexibility index (Phi) is 3.62. The van der Waals surface area contributed by atoms with E-state index in [-0.39, 0.29) is 24.1 Å². The molecule has 14 heavy (non-hydrogen) atoms. The second-order valence-electron chi connectivity index (χ2n) is 2.46. The SMILES string of the molecule is O=c1c[c-]nc(-c2cccnc2)[nH]1.[V]. The van der Waals surface area contributed by atoms with Crippen molar-refractivity contribution in [2.45, 2.75) is 0 Å². The Morgan fingerprint density at radius 1 is 1.43 bits per heavy atom. The molecule has 0 aliphatic carbocycles. The van der Waals surface area contributed by atoms with E-state index in [2.05, 4.69) is 21.1 Å². The Morgan fingerprint density at radius 2 is 2.29 bits per heavy atom.